The van der Waals surface area contributed by atoms with Crippen LogP contribution in [-0.4, -0.2) is 16.7 Å². The van der Waals surface area contributed by atoms with Crippen molar-refractivity contribution in [2.45, 2.75) is 20.8 Å². The molecule has 0 spiro atoms. The molecule has 0 bridgehead atoms. The summed E-state index contributed by atoms with van der Waals surface area (Å²) in [5.74, 6) is -0.174. The molecule has 25 heavy (non-hydrogen) atoms. The lowest BCUT2D eigenvalue weighted by Gasteiger charge is -2.12. The van der Waals surface area contributed by atoms with Crippen LogP contribution in [0.4, 0.5) is 0 Å². The van der Waals surface area contributed by atoms with Gasteiger partial charge in [-0.2, -0.15) is 0 Å². The number of aryl methyl sites for hydroxylation is 1. The van der Waals surface area contributed by atoms with Gasteiger partial charge in [-0.3, -0.25) is 9.59 Å². The summed E-state index contributed by atoms with van der Waals surface area (Å²) < 4.78 is 6.70. The first kappa shape index (κ1) is 17.4. The molecule has 1 aromatic heterocycles. The number of esters is 1. The monoisotopic (exact) mass is 369 g/mol. The molecule has 0 aliphatic rings. The lowest BCUT2D eigenvalue weighted by Crippen LogP contribution is -2.06. The fourth-order valence-electron chi connectivity index (χ4n) is 2.55. The predicted molar refractivity (Wildman–Crippen MR) is 102 cm³/mol. The Morgan fingerprint density at radius 1 is 1.16 bits per heavy atom. The summed E-state index contributed by atoms with van der Waals surface area (Å²) in [7, 11) is 0. The molecule has 3 aromatic rings. The molecule has 2 aromatic carbocycles. The molecule has 4 nitrogen and oxygen atoms in total. The van der Waals surface area contributed by atoms with E-state index >= 15 is 0 Å². The molecule has 0 N–H and O–H groups in total. The second-order valence-corrected chi connectivity index (χ2v) is 7.05. The molecular formula is C19H15NO3S2. The molecule has 0 saturated heterocycles. The molecule has 0 aliphatic heterocycles. The van der Waals surface area contributed by atoms with Crippen molar-refractivity contribution in [3.8, 4) is 16.3 Å². The zero-order valence-corrected chi connectivity index (χ0v) is 15.6. The fraction of sp³-hybridized carbons (Fsp3) is 0.158. The minimum absolute atomic E-state index is 0.128. The zero-order valence-electron chi connectivity index (χ0n) is 14.0. The third kappa shape index (κ3) is 3.50. The van der Waals surface area contributed by atoms with Crippen LogP contribution in [0.15, 0.2) is 36.4 Å². The van der Waals surface area contributed by atoms with E-state index in [2.05, 4.69) is 4.98 Å². The van der Waals surface area contributed by atoms with Crippen LogP contribution in [0.5, 0.6) is 5.75 Å². The number of benzene rings is 2. The Kier molecular flexibility index (Phi) is 4.74. The first-order valence-corrected chi connectivity index (χ1v) is 8.83. The largest absolute Gasteiger partial charge is 0.426 e. The molecule has 0 saturated carbocycles. The van der Waals surface area contributed by atoms with Gasteiger partial charge in [0.15, 0.2) is 5.78 Å². The van der Waals surface area contributed by atoms with Crippen LogP contribution in [0.3, 0.4) is 0 Å². The summed E-state index contributed by atoms with van der Waals surface area (Å²) in [6.07, 6.45) is 0. The Morgan fingerprint density at radius 3 is 2.56 bits per heavy atom. The third-order valence-corrected chi connectivity index (χ3v) is 5.10. The normalized spacial score (nSPS) is 10.7. The van der Waals surface area contributed by atoms with Crippen LogP contribution >= 0.6 is 23.6 Å². The van der Waals surface area contributed by atoms with Crippen LogP contribution in [-0.2, 0) is 4.79 Å². The van der Waals surface area contributed by atoms with E-state index < -0.39 is 5.97 Å². The van der Waals surface area contributed by atoms with Crippen molar-refractivity contribution in [3.63, 3.8) is 0 Å². The highest BCUT2D eigenvalue weighted by Crippen LogP contribution is 2.34. The number of hydrogen-bond donors (Lipinski definition) is 0. The SMILES string of the molecule is CC(=O)Oc1cc(C(C)=O)c(-c2nc(=S)c3ccccc3s2)cc1C. The van der Waals surface area contributed by atoms with Gasteiger partial charge in [0.2, 0.25) is 0 Å². The zero-order chi connectivity index (χ0) is 18.1. The van der Waals surface area contributed by atoms with Crippen molar-refractivity contribution < 1.29 is 14.3 Å². The molecule has 0 aliphatic carbocycles. The van der Waals surface area contributed by atoms with E-state index in [-0.39, 0.29) is 5.78 Å². The van der Waals surface area contributed by atoms with Crippen molar-refractivity contribution in [1.82, 2.24) is 4.98 Å². The van der Waals surface area contributed by atoms with Crippen molar-refractivity contribution in [1.29, 1.82) is 0 Å². The molecule has 126 valence electrons. The van der Waals surface area contributed by atoms with E-state index in [1.807, 2.05) is 37.3 Å². The maximum absolute atomic E-state index is 12.1. The average molecular weight is 369 g/mol. The lowest BCUT2D eigenvalue weighted by atomic mass is 10.0. The van der Waals surface area contributed by atoms with Gasteiger partial charge in [-0.1, -0.05) is 30.4 Å². The number of carbonyl (C=O) groups excluding carboxylic acids is 2. The highest BCUT2D eigenvalue weighted by molar-refractivity contribution is 7.71. The predicted octanol–water partition coefficient (Wildman–Crippen LogP) is 5.13. The molecule has 0 unspecified atom stereocenters. The number of Topliss-reactive ketones (excluding diaryl/α,β-unsaturated/α-hetero) is 1. The Morgan fingerprint density at radius 2 is 1.88 bits per heavy atom. The number of ketones is 1. The summed E-state index contributed by atoms with van der Waals surface area (Å²) in [6, 6.07) is 11.2. The minimum Gasteiger partial charge on any atom is -0.426 e. The molecule has 0 atom stereocenters. The summed E-state index contributed by atoms with van der Waals surface area (Å²) in [5.41, 5.74) is 1.90. The minimum atomic E-state index is -0.426. The number of fused-ring (bicyclic) bond motifs is 1. The third-order valence-electron chi connectivity index (χ3n) is 3.71. The van der Waals surface area contributed by atoms with Crippen molar-refractivity contribution in [3.05, 3.63) is 52.2 Å². The summed E-state index contributed by atoms with van der Waals surface area (Å²) in [5, 5.41) is 1.59. The number of ether oxygens (including phenoxy) is 1. The first-order chi connectivity index (χ1) is 11.9. The van der Waals surface area contributed by atoms with Gasteiger partial charge in [0.25, 0.3) is 0 Å². The highest BCUT2D eigenvalue weighted by Gasteiger charge is 2.17. The smallest absolute Gasteiger partial charge is 0.308 e. The van der Waals surface area contributed by atoms with E-state index in [0.717, 1.165) is 15.6 Å². The Bertz CT molecular complexity index is 1070. The van der Waals surface area contributed by atoms with E-state index in [1.54, 1.807) is 6.07 Å². The van der Waals surface area contributed by atoms with Crippen LogP contribution in [0.1, 0.15) is 29.8 Å². The topological polar surface area (TPSA) is 56.3 Å². The van der Waals surface area contributed by atoms with Crippen LogP contribution in [0, 0.1) is 11.6 Å². The van der Waals surface area contributed by atoms with Gasteiger partial charge in [0.1, 0.15) is 15.4 Å². The van der Waals surface area contributed by atoms with Gasteiger partial charge in [0.05, 0.1) is 0 Å². The summed E-state index contributed by atoms with van der Waals surface area (Å²) >= 11 is 6.88. The summed E-state index contributed by atoms with van der Waals surface area (Å²) in [6.45, 7) is 4.63. The van der Waals surface area contributed by atoms with E-state index in [0.29, 0.717) is 26.5 Å². The van der Waals surface area contributed by atoms with Gasteiger partial charge >= 0.3 is 5.97 Å². The molecule has 1 heterocycles. The van der Waals surface area contributed by atoms with Crippen molar-refractivity contribution in [2.24, 2.45) is 0 Å². The van der Waals surface area contributed by atoms with E-state index in [1.165, 1.54) is 25.2 Å². The van der Waals surface area contributed by atoms with Gasteiger partial charge < -0.3 is 4.74 Å². The maximum atomic E-state index is 12.1. The lowest BCUT2D eigenvalue weighted by molar-refractivity contribution is -0.131. The van der Waals surface area contributed by atoms with E-state index in [9.17, 15) is 9.59 Å². The van der Waals surface area contributed by atoms with Crippen molar-refractivity contribution >= 4 is 45.4 Å². The molecule has 3 rings (SSSR count). The Hall–Kier alpha value is -2.44. The van der Waals surface area contributed by atoms with Gasteiger partial charge in [-0.05, 0) is 37.6 Å². The second kappa shape index (κ2) is 6.82. The van der Waals surface area contributed by atoms with Crippen molar-refractivity contribution in [2.75, 3.05) is 0 Å². The number of aromatic nitrogens is 1. The van der Waals surface area contributed by atoms with E-state index in [4.69, 9.17) is 17.0 Å². The number of carbonyl (C=O) groups is 2. The highest BCUT2D eigenvalue weighted by atomic mass is 32.1. The van der Waals surface area contributed by atoms with Crippen LogP contribution in [0.25, 0.3) is 20.7 Å². The molecular weight excluding hydrogens is 354 g/mol. The molecule has 0 fully saturated rings. The Balaban J connectivity index is 2.26. The maximum Gasteiger partial charge on any atom is 0.308 e. The average Bonchev–Trinajstić information content (AvgIpc) is 2.55. The first-order valence-electron chi connectivity index (χ1n) is 7.61. The molecule has 0 radical (unpaired) electrons. The van der Waals surface area contributed by atoms with Crippen LogP contribution in [0.2, 0.25) is 0 Å². The van der Waals surface area contributed by atoms with Gasteiger partial charge in [-0.25, -0.2) is 4.98 Å². The quantitative estimate of drug-likeness (QED) is 0.277. The second-order valence-electron chi connectivity index (χ2n) is 5.63. The standard InChI is InChI=1S/C19H15NO3S2/c1-10-8-15(14(11(2)21)9-16(10)23-12(3)22)19-20-18(24)13-6-4-5-7-17(13)25-19/h4-9H,1-3H3. The van der Waals surface area contributed by atoms with Gasteiger partial charge in [-0.15, -0.1) is 11.3 Å². The fourth-order valence-corrected chi connectivity index (χ4v) is 3.99. The number of nitrogens with zero attached hydrogens (tertiary/aromatic N) is 1. The molecule has 6 heteroatoms. The molecule has 0 amide bonds. The van der Waals surface area contributed by atoms with Gasteiger partial charge in [0, 0.05) is 28.1 Å². The number of hydrogen-bond acceptors (Lipinski definition) is 6. The van der Waals surface area contributed by atoms with Crippen LogP contribution < -0.4 is 4.74 Å². The number of rotatable bonds is 3. The summed E-state index contributed by atoms with van der Waals surface area (Å²) in [4.78, 5) is 27.9. The Labute approximate surface area is 154 Å².